The van der Waals surface area contributed by atoms with Gasteiger partial charge in [0.1, 0.15) is 17.3 Å². The van der Waals surface area contributed by atoms with Crippen molar-refractivity contribution in [2.75, 3.05) is 10.3 Å². The fourth-order valence-corrected chi connectivity index (χ4v) is 6.27. The molecule has 11 heteroatoms. The van der Waals surface area contributed by atoms with Crippen molar-refractivity contribution >= 4 is 69.7 Å². The fourth-order valence-electron chi connectivity index (χ4n) is 5.29. The number of unbranched alkanes of at least 4 members (excludes halogenated alkanes) is 4. The van der Waals surface area contributed by atoms with Crippen molar-refractivity contribution in [3.05, 3.63) is 86.4 Å². The normalized spacial score (nSPS) is 13.4. The van der Waals surface area contributed by atoms with Gasteiger partial charge in [0.2, 0.25) is 0 Å². The van der Waals surface area contributed by atoms with Crippen molar-refractivity contribution in [1.29, 1.82) is 0 Å². The molecule has 0 saturated heterocycles. The van der Waals surface area contributed by atoms with Gasteiger partial charge in [0.05, 0.1) is 16.5 Å². The molecule has 1 aliphatic heterocycles. The smallest absolute Gasteiger partial charge is 0.265 e. The van der Waals surface area contributed by atoms with E-state index >= 15 is 0 Å². The first-order valence-electron chi connectivity index (χ1n) is 16.2. The van der Waals surface area contributed by atoms with Gasteiger partial charge < -0.3 is 15.4 Å². The lowest BCUT2D eigenvalue weighted by Crippen LogP contribution is -2.33. The number of ether oxygens (including phenoxy) is 1. The Bertz CT molecular complexity index is 1600. The number of hydrazone groups is 1. The van der Waals surface area contributed by atoms with Crippen molar-refractivity contribution in [3.8, 4) is 5.75 Å². The molecule has 0 bridgehead atoms. The second-order valence-electron chi connectivity index (χ2n) is 11.5. The highest BCUT2D eigenvalue weighted by atomic mass is 35.5. The SMILES string of the molecule is CCCCCc1ccc(OC(CC)C(=O)Nc2cccc(C(=O)NC3=NN(c4c(Cl)cc(Cl)cc4Cl)C(=O)C3)c2)c(CCCCC)c1. The van der Waals surface area contributed by atoms with Gasteiger partial charge in [-0.1, -0.05) is 99.5 Å². The zero-order chi connectivity index (χ0) is 33.9. The molecular weight excluding hydrogens is 659 g/mol. The Balaban J connectivity index is 1.43. The number of hydrogen-bond acceptors (Lipinski definition) is 5. The second-order valence-corrected chi connectivity index (χ2v) is 12.8. The van der Waals surface area contributed by atoms with Gasteiger partial charge in [-0.05, 0) is 79.6 Å². The molecule has 8 nitrogen and oxygen atoms in total. The molecule has 2 N–H and O–H groups in total. The van der Waals surface area contributed by atoms with E-state index in [0.29, 0.717) is 17.1 Å². The number of nitrogens with zero attached hydrogens (tertiary/aromatic N) is 2. The highest BCUT2D eigenvalue weighted by Gasteiger charge is 2.30. The van der Waals surface area contributed by atoms with Crippen LogP contribution in [0.1, 0.15) is 93.6 Å². The minimum Gasteiger partial charge on any atom is -0.480 e. The molecule has 0 radical (unpaired) electrons. The Morgan fingerprint density at radius 3 is 2.28 bits per heavy atom. The van der Waals surface area contributed by atoms with Crippen LogP contribution >= 0.6 is 34.8 Å². The third-order valence-electron chi connectivity index (χ3n) is 7.80. The van der Waals surface area contributed by atoms with Crippen LogP contribution < -0.4 is 20.4 Å². The zero-order valence-corrected chi connectivity index (χ0v) is 29.3. The van der Waals surface area contributed by atoms with Crippen molar-refractivity contribution in [1.82, 2.24) is 5.32 Å². The van der Waals surface area contributed by atoms with Gasteiger partial charge in [0.25, 0.3) is 17.7 Å². The number of halogens is 3. The molecule has 0 spiro atoms. The lowest BCUT2D eigenvalue weighted by Gasteiger charge is -2.20. The first kappa shape index (κ1) is 36.2. The summed E-state index contributed by atoms with van der Waals surface area (Å²) in [6, 6.07) is 15.8. The number of benzene rings is 3. The van der Waals surface area contributed by atoms with Crippen LogP contribution in [0.15, 0.2) is 59.7 Å². The maximum Gasteiger partial charge on any atom is 0.265 e. The molecule has 1 heterocycles. The number of hydrogen-bond donors (Lipinski definition) is 2. The Morgan fingerprint density at radius 2 is 1.60 bits per heavy atom. The van der Waals surface area contributed by atoms with Crippen LogP contribution in [0.2, 0.25) is 15.1 Å². The number of amidine groups is 1. The first-order chi connectivity index (χ1) is 22.6. The van der Waals surface area contributed by atoms with E-state index in [0.717, 1.165) is 54.8 Å². The summed E-state index contributed by atoms with van der Waals surface area (Å²) in [5.74, 6) is -0.367. The number of nitrogens with one attached hydrogen (secondary N) is 2. The van der Waals surface area contributed by atoms with Crippen LogP contribution in [0.25, 0.3) is 0 Å². The highest BCUT2D eigenvalue weighted by Crippen LogP contribution is 2.38. The molecule has 0 aromatic heterocycles. The molecule has 47 heavy (non-hydrogen) atoms. The summed E-state index contributed by atoms with van der Waals surface area (Å²) in [5.41, 5.74) is 3.31. The molecule has 1 atom stereocenters. The largest absolute Gasteiger partial charge is 0.480 e. The zero-order valence-electron chi connectivity index (χ0n) is 27.0. The Morgan fingerprint density at radius 1 is 0.894 bits per heavy atom. The van der Waals surface area contributed by atoms with Gasteiger partial charge in [-0.3, -0.25) is 14.4 Å². The third-order valence-corrected chi connectivity index (χ3v) is 8.59. The minimum absolute atomic E-state index is 0.127. The van der Waals surface area contributed by atoms with E-state index in [1.807, 2.05) is 13.0 Å². The summed E-state index contributed by atoms with van der Waals surface area (Å²) in [4.78, 5) is 39.2. The number of aryl methyl sites for hydroxylation is 2. The summed E-state index contributed by atoms with van der Waals surface area (Å²) >= 11 is 18.5. The number of rotatable bonds is 15. The van der Waals surface area contributed by atoms with Crippen LogP contribution in [0, 0.1) is 0 Å². The van der Waals surface area contributed by atoms with Gasteiger partial charge in [0, 0.05) is 16.3 Å². The molecule has 3 aromatic carbocycles. The summed E-state index contributed by atoms with van der Waals surface area (Å²) < 4.78 is 6.32. The van der Waals surface area contributed by atoms with E-state index in [1.165, 1.54) is 30.5 Å². The predicted octanol–water partition coefficient (Wildman–Crippen LogP) is 9.39. The predicted molar refractivity (Wildman–Crippen MR) is 191 cm³/mol. The van der Waals surface area contributed by atoms with Crippen molar-refractivity contribution in [2.24, 2.45) is 5.10 Å². The second kappa shape index (κ2) is 17.5. The number of carbonyl (C=O) groups excluding carboxylic acids is 3. The van der Waals surface area contributed by atoms with E-state index in [4.69, 9.17) is 39.5 Å². The van der Waals surface area contributed by atoms with Crippen molar-refractivity contribution in [3.63, 3.8) is 0 Å². The number of carbonyl (C=O) groups is 3. The summed E-state index contributed by atoms with van der Waals surface area (Å²) in [6.07, 6.45) is 8.36. The van der Waals surface area contributed by atoms with Crippen LogP contribution in [0.4, 0.5) is 11.4 Å². The Hall–Kier alpha value is -3.59. The van der Waals surface area contributed by atoms with Crippen LogP contribution in [0.3, 0.4) is 0 Å². The van der Waals surface area contributed by atoms with Gasteiger partial charge in [-0.25, -0.2) is 0 Å². The van der Waals surface area contributed by atoms with E-state index in [2.05, 4.69) is 41.7 Å². The lowest BCUT2D eigenvalue weighted by molar-refractivity contribution is -0.123. The Labute approximate surface area is 291 Å². The number of amides is 3. The number of anilines is 2. The first-order valence-corrected chi connectivity index (χ1v) is 17.3. The molecule has 3 aromatic rings. The highest BCUT2D eigenvalue weighted by molar-refractivity contribution is 6.42. The lowest BCUT2D eigenvalue weighted by atomic mass is 10.00. The molecule has 4 rings (SSSR count). The molecule has 3 amide bonds. The van der Waals surface area contributed by atoms with Gasteiger partial charge in [-0.15, -0.1) is 0 Å². The molecule has 250 valence electrons. The Kier molecular flexibility index (Phi) is 13.5. The average molecular weight is 700 g/mol. The van der Waals surface area contributed by atoms with Gasteiger partial charge in [0.15, 0.2) is 6.10 Å². The third kappa shape index (κ3) is 9.95. The molecule has 1 aliphatic rings. The van der Waals surface area contributed by atoms with Gasteiger partial charge >= 0.3 is 0 Å². The molecule has 0 fully saturated rings. The monoisotopic (exact) mass is 698 g/mol. The molecular formula is C36H41Cl3N4O4. The van der Waals surface area contributed by atoms with Crippen molar-refractivity contribution in [2.45, 2.75) is 91.1 Å². The van der Waals surface area contributed by atoms with E-state index in [-0.39, 0.29) is 39.5 Å². The average Bonchev–Trinajstić information content (AvgIpc) is 3.39. The van der Waals surface area contributed by atoms with Crippen LogP contribution in [-0.2, 0) is 22.4 Å². The van der Waals surface area contributed by atoms with Crippen molar-refractivity contribution < 1.29 is 19.1 Å². The van der Waals surface area contributed by atoms with E-state index in [1.54, 1.807) is 24.3 Å². The van der Waals surface area contributed by atoms with Gasteiger partial charge in [-0.2, -0.15) is 10.1 Å². The summed E-state index contributed by atoms with van der Waals surface area (Å²) in [5, 5.41) is 11.5. The standard InChI is InChI=1S/C36H41Cl3N4O4/c1-4-7-9-12-23-16-17-31(24(18-23)13-10-8-5-2)47-30(6-3)36(46)40-27-15-11-14-25(19-27)35(45)41-32-22-33(44)43(42-32)34-28(38)20-26(37)21-29(34)39/h11,14-21,30H,4-10,12-13,22H2,1-3H3,(H,40,46)(H,41,42,45). The molecule has 1 unspecified atom stereocenters. The minimum atomic E-state index is -0.722. The maximum absolute atomic E-state index is 13.4. The van der Waals surface area contributed by atoms with Crippen LogP contribution in [0.5, 0.6) is 5.75 Å². The summed E-state index contributed by atoms with van der Waals surface area (Å²) in [6.45, 7) is 6.29. The molecule has 0 saturated carbocycles. The molecule has 0 aliphatic carbocycles. The maximum atomic E-state index is 13.4. The topological polar surface area (TPSA) is 100 Å². The van der Waals surface area contributed by atoms with E-state index in [9.17, 15) is 14.4 Å². The summed E-state index contributed by atoms with van der Waals surface area (Å²) in [7, 11) is 0. The fraction of sp³-hybridized carbons (Fsp3) is 0.389. The quantitative estimate of drug-likeness (QED) is 0.154. The van der Waals surface area contributed by atoms with E-state index < -0.39 is 17.9 Å². The van der Waals surface area contributed by atoms with Crippen LogP contribution in [-0.4, -0.2) is 29.7 Å².